The molecular formula is C15H15NO2. The minimum atomic E-state index is -0.0503. The van der Waals surface area contributed by atoms with Gasteiger partial charge in [-0.3, -0.25) is 4.79 Å². The molecule has 0 unspecified atom stereocenters. The van der Waals surface area contributed by atoms with Crippen molar-refractivity contribution in [1.82, 2.24) is 0 Å². The minimum Gasteiger partial charge on any atom is -0.496 e. The van der Waals surface area contributed by atoms with Crippen LogP contribution in [0.25, 0.3) is 0 Å². The fraction of sp³-hybridized carbons (Fsp3) is 0.133. The average Bonchev–Trinajstić information content (AvgIpc) is 2.40. The Morgan fingerprint density at radius 2 is 1.72 bits per heavy atom. The monoisotopic (exact) mass is 241 g/mol. The van der Waals surface area contributed by atoms with Crippen LogP contribution in [-0.4, -0.2) is 13.0 Å². The molecule has 0 spiro atoms. The van der Waals surface area contributed by atoms with Crippen LogP contribution in [0.15, 0.2) is 54.6 Å². The second-order valence-corrected chi connectivity index (χ2v) is 3.90. The Labute approximate surface area is 106 Å². The fourth-order valence-corrected chi connectivity index (χ4v) is 1.75. The molecule has 0 atom stereocenters. The van der Waals surface area contributed by atoms with E-state index in [0.717, 1.165) is 17.0 Å². The topological polar surface area (TPSA) is 38.3 Å². The smallest absolute Gasteiger partial charge is 0.228 e. The minimum absolute atomic E-state index is 0.0503. The molecule has 0 saturated carbocycles. The molecule has 2 aromatic carbocycles. The summed E-state index contributed by atoms with van der Waals surface area (Å²) in [6.07, 6.45) is 0.304. The van der Waals surface area contributed by atoms with E-state index in [1.165, 1.54) is 0 Å². The largest absolute Gasteiger partial charge is 0.496 e. The van der Waals surface area contributed by atoms with Crippen molar-refractivity contribution >= 4 is 11.6 Å². The van der Waals surface area contributed by atoms with E-state index >= 15 is 0 Å². The van der Waals surface area contributed by atoms with Crippen molar-refractivity contribution in [2.75, 3.05) is 12.4 Å². The van der Waals surface area contributed by atoms with Gasteiger partial charge in [0.2, 0.25) is 5.91 Å². The number of ether oxygens (including phenoxy) is 1. The van der Waals surface area contributed by atoms with Gasteiger partial charge in [-0.1, -0.05) is 36.4 Å². The molecule has 1 N–H and O–H groups in total. The van der Waals surface area contributed by atoms with Crippen LogP contribution in [0.2, 0.25) is 0 Å². The first-order valence-corrected chi connectivity index (χ1v) is 5.76. The van der Waals surface area contributed by atoms with Crippen LogP contribution in [0.5, 0.6) is 5.75 Å². The summed E-state index contributed by atoms with van der Waals surface area (Å²) < 4.78 is 5.22. The number of para-hydroxylation sites is 2. The molecule has 0 bridgehead atoms. The standard InChI is InChI=1S/C15H15NO2/c1-18-14-10-6-5-7-12(14)11-15(17)16-13-8-3-2-4-9-13/h2-10H,11H2,1H3,(H,16,17). The molecule has 0 aliphatic heterocycles. The zero-order chi connectivity index (χ0) is 12.8. The second-order valence-electron chi connectivity index (χ2n) is 3.90. The molecular weight excluding hydrogens is 226 g/mol. The van der Waals surface area contributed by atoms with Gasteiger partial charge in [-0.25, -0.2) is 0 Å². The normalized spacial score (nSPS) is 9.83. The third-order valence-electron chi connectivity index (χ3n) is 2.60. The zero-order valence-corrected chi connectivity index (χ0v) is 10.2. The van der Waals surface area contributed by atoms with Crippen LogP contribution >= 0.6 is 0 Å². The van der Waals surface area contributed by atoms with Crippen LogP contribution in [0.1, 0.15) is 5.56 Å². The third-order valence-corrected chi connectivity index (χ3v) is 2.60. The highest BCUT2D eigenvalue weighted by molar-refractivity contribution is 5.92. The lowest BCUT2D eigenvalue weighted by Gasteiger charge is -2.08. The number of anilines is 1. The van der Waals surface area contributed by atoms with Gasteiger partial charge in [0.25, 0.3) is 0 Å². The summed E-state index contributed by atoms with van der Waals surface area (Å²) in [5, 5.41) is 2.85. The van der Waals surface area contributed by atoms with Crippen molar-refractivity contribution in [3.63, 3.8) is 0 Å². The summed E-state index contributed by atoms with van der Waals surface area (Å²) >= 11 is 0. The molecule has 0 aromatic heterocycles. The molecule has 0 radical (unpaired) electrons. The van der Waals surface area contributed by atoms with Crippen LogP contribution < -0.4 is 10.1 Å². The Hall–Kier alpha value is -2.29. The van der Waals surface area contributed by atoms with Crippen molar-refractivity contribution in [3.05, 3.63) is 60.2 Å². The molecule has 0 saturated heterocycles. The zero-order valence-electron chi connectivity index (χ0n) is 10.2. The van der Waals surface area contributed by atoms with Gasteiger partial charge in [0.1, 0.15) is 5.75 Å². The SMILES string of the molecule is COc1ccccc1CC(=O)Nc1ccccc1. The summed E-state index contributed by atoms with van der Waals surface area (Å²) in [5.41, 5.74) is 1.69. The maximum Gasteiger partial charge on any atom is 0.228 e. The number of carbonyl (C=O) groups is 1. The maximum atomic E-state index is 11.9. The Kier molecular flexibility index (Phi) is 3.97. The molecule has 0 heterocycles. The number of methoxy groups -OCH3 is 1. The summed E-state index contributed by atoms with van der Waals surface area (Å²) in [5.74, 6) is 0.686. The molecule has 3 nitrogen and oxygen atoms in total. The first kappa shape index (κ1) is 12.2. The molecule has 2 aromatic rings. The number of carbonyl (C=O) groups excluding carboxylic acids is 1. The van der Waals surface area contributed by atoms with E-state index in [2.05, 4.69) is 5.32 Å². The van der Waals surface area contributed by atoms with E-state index in [9.17, 15) is 4.79 Å². The van der Waals surface area contributed by atoms with Crippen LogP contribution in [0.4, 0.5) is 5.69 Å². The Bertz CT molecular complexity index is 523. The van der Waals surface area contributed by atoms with Crippen LogP contribution in [0, 0.1) is 0 Å². The van der Waals surface area contributed by atoms with Gasteiger partial charge in [0.15, 0.2) is 0 Å². The van der Waals surface area contributed by atoms with Gasteiger partial charge in [0, 0.05) is 11.3 Å². The number of hydrogen-bond donors (Lipinski definition) is 1. The number of amides is 1. The molecule has 3 heteroatoms. The Morgan fingerprint density at radius 1 is 1.06 bits per heavy atom. The van der Waals surface area contributed by atoms with Gasteiger partial charge in [-0.2, -0.15) is 0 Å². The van der Waals surface area contributed by atoms with E-state index in [4.69, 9.17) is 4.74 Å². The highest BCUT2D eigenvalue weighted by Crippen LogP contribution is 2.18. The van der Waals surface area contributed by atoms with Crippen molar-refractivity contribution in [2.45, 2.75) is 6.42 Å². The van der Waals surface area contributed by atoms with Crippen molar-refractivity contribution < 1.29 is 9.53 Å². The molecule has 2 rings (SSSR count). The fourth-order valence-electron chi connectivity index (χ4n) is 1.75. The number of rotatable bonds is 4. The highest BCUT2D eigenvalue weighted by Gasteiger charge is 2.07. The molecule has 1 amide bonds. The maximum absolute atomic E-state index is 11.9. The summed E-state index contributed by atoms with van der Waals surface area (Å²) in [7, 11) is 1.61. The number of nitrogens with one attached hydrogen (secondary N) is 1. The lowest BCUT2D eigenvalue weighted by molar-refractivity contribution is -0.115. The predicted octanol–water partition coefficient (Wildman–Crippen LogP) is 2.88. The van der Waals surface area contributed by atoms with Crippen LogP contribution in [-0.2, 0) is 11.2 Å². The third kappa shape index (κ3) is 3.10. The lowest BCUT2D eigenvalue weighted by atomic mass is 10.1. The first-order chi connectivity index (χ1) is 8.79. The average molecular weight is 241 g/mol. The van der Waals surface area contributed by atoms with Gasteiger partial charge in [0.05, 0.1) is 13.5 Å². The summed E-state index contributed by atoms with van der Waals surface area (Å²) in [6.45, 7) is 0. The van der Waals surface area contributed by atoms with Crippen LogP contribution in [0.3, 0.4) is 0 Å². The molecule has 0 aliphatic carbocycles. The highest BCUT2D eigenvalue weighted by atomic mass is 16.5. The predicted molar refractivity (Wildman–Crippen MR) is 71.8 cm³/mol. The first-order valence-electron chi connectivity index (χ1n) is 5.76. The van der Waals surface area contributed by atoms with Crippen molar-refractivity contribution in [1.29, 1.82) is 0 Å². The quantitative estimate of drug-likeness (QED) is 0.893. The van der Waals surface area contributed by atoms with Gasteiger partial charge >= 0.3 is 0 Å². The van der Waals surface area contributed by atoms with E-state index in [1.807, 2.05) is 54.6 Å². The van der Waals surface area contributed by atoms with Gasteiger partial charge in [-0.05, 0) is 18.2 Å². The lowest BCUT2D eigenvalue weighted by Crippen LogP contribution is -2.14. The van der Waals surface area contributed by atoms with Crippen molar-refractivity contribution in [3.8, 4) is 5.75 Å². The molecule has 0 fully saturated rings. The van der Waals surface area contributed by atoms with E-state index in [-0.39, 0.29) is 5.91 Å². The van der Waals surface area contributed by atoms with E-state index in [1.54, 1.807) is 7.11 Å². The van der Waals surface area contributed by atoms with E-state index < -0.39 is 0 Å². The number of hydrogen-bond acceptors (Lipinski definition) is 2. The molecule has 0 aliphatic rings. The summed E-state index contributed by atoms with van der Waals surface area (Å²) in [6, 6.07) is 16.9. The van der Waals surface area contributed by atoms with Gasteiger partial charge in [-0.15, -0.1) is 0 Å². The molecule has 18 heavy (non-hydrogen) atoms. The molecule has 92 valence electrons. The Morgan fingerprint density at radius 3 is 2.44 bits per heavy atom. The Balaban J connectivity index is 2.03. The second kappa shape index (κ2) is 5.87. The van der Waals surface area contributed by atoms with E-state index in [0.29, 0.717) is 6.42 Å². The van der Waals surface area contributed by atoms with Gasteiger partial charge < -0.3 is 10.1 Å². The summed E-state index contributed by atoms with van der Waals surface area (Å²) in [4.78, 5) is 11.9. The van der Waals surface area contributed by atoms with Crippen molar-refractivity contribution in [2.24, 2.45) is 0 Å². The number of benzene rings is 2.